The number of β-amino-alcohol motifs (C(OH)–C–C–N with tert-alkyl or cyclic N) is 1. The molecule has 90 valence electrons. The molecule has 0 aliphatic rings. The summed E-state index contributed by atoms with van der Waals surface area (Å²) >= 11 is 0. The summed E-state index contributed by atoms with van der Waals surface area (Å²) in [6.07, 6.45) is -0.776. The van der Waals surface area contributed by atoms with E-state index in [2.05, 4.69) is 5.32 Å². The van der Waals surface area contributed by atoms with Gasteiger partial charge in [-0.15, -0.1) is 0 Å². The van der Waals surface area contributed by atoms with Gasteiger partial charge in [-0.2, -0.15) is 0 Å². The number of hydrogen-bond acceptors (Lipinski definition) is 3. The molecular formula is C12H18FNO2. The van der Waals surface area contributed by atoms with E-state index in [1.54, 1.807) is 12.1 Å². The minimum absolute atomic E-state index is 0.0249. The highest BCUT2D eigenvalue weighted by molar-refractivity contribution is 5.19. The molecule has 0 fully saturated rings. The summed E-state index contributed by atoms with van der Waals surface area (Å²) in [5.41, 5.74) is 0.0788. The van der Waals surface area contributed by atoms with Crippen LogP contribution >= 0.6 is 0 Å². The molecule has 0 radical (unpaired) electrons. The van der Waals surface area contributed by atoms with Gasteiger partial charge < -0.3 is 15.5 Å². The van der Waals surface area contributed by atoms with Gasteiger partial charge in [-0.3, -0.25) is 0 Å². The maximum absolute atomic E-state index is 12.9. The number of hydrogen-bond donors (Lipinski definition) is 3. The molecule has 0 aliphatic heterocycles. The van der Waals surface area contributed by atoms with Crippen LogP contribution in [0.15, 0.2) is 24.3 Å². The van der Waals surface area contributed by atoms with Gasteiger partial charge in [0.2, 0.25) is 0 Å². The number of rotatable bonds is 5. The predicted octanol–water partition coefficient (Wildman–Crippen LogP) is 1.22. The van der Waals surface area contributed by atoms with Crippen molar-refractivity contribution in [3.63, 3.8) is 0 Å². The van der Waals surface area contributed by atoms with E-state index in [0.29, 0.717) is 5.56 Å². The smallest absolute Gasteiger partial charge is 0.123 e. The van der Waals surface area contributed by atoms with Crippen LogP contribution in [-0.2, 0) is 0 Å². The van der Waals surface area contributed by atoms with Crippen molar-refractivity contribution >= 4 is 0 Å². The zero-order valence-electron chi connectivity index (χ0n) is 9.57. The van der Waals surface area contributed by atoms with Crippen LogP contribution in [0.3, 0.4) is 0 Å². The first-order valence-corrected chi connectivity index (χ1v) is 5.24. The van der Waals surface area contributed by atoms with E-state index in [9.17, 15) is 9.50 Å². The van der Waals surface area contributed by atoms with Crippen LogP contribution in [0.2, 0.25) is 0 Å². The van der Waals surface area contributed by atoms with Gasteiger partial charge in [0.1, 0.15) is 5.82 Å². The van der Waals surface area contributed by atoms with Crippen LogP contribution in [-0.4, -0.2) is 28.9 Å². The molecule has 0 saturated heterocycles. The van der Waals surface area contributed by atoms with Gasteiger partial charge in [0.05, 0.1) is 12.7 Å². The van der Waals surface area contributed by atoms with E-state index in [4.69, 9.17) is 5.11 Å². The Bertz CT molecular complexity index is 342. The Labute approximate surface area is 94.9 Å². The Morgan fingerprint density at radius 2 is 2.12 bits per heavy atom. The van der Waals surface area contributed by atoms with E-state index >= 15 is 0 Å². The van der Waals surface area contributed by atoms with Crippen molar-refractivity contribution in [1.29, 1.82) is 0 Å². The molecule has 3 N–H and O–H groups in total. The minimum atomic E-state index is -0.776. The second kappa shape index (κ2) is 5.39. The van der Waals surface area contributed by atoms with E-state index in [-0.39, 0.29) is 19.0 Å². The van der Waals surface area contributed by atoms with Crippen molar-refractivity contribution < 1.29 is 14.6 Å². The number of benzene rings is 1. The molecule has 1 rings (SSSR count). The molecule has 0 heterocycles. The van der Waals surface area contributed by atoms with Crippen molar-refractivity contribution in [3.05, 3.63) is 35.6 Å². The van der Waals surface area contributed by atoms with Gasteiger partial charge in [0, 0.05) is 12.1 Å². The summed E-state index contributed by atoms with van der Waals surface area (Å²) in [7, 11) is 0. The molecule has 4 heteroatoms. The fourth-order valence-electron chi connectivity index (χ4n) is 1.26. The lowest BCUT2D eigenvalue weighted by Gasteiger charge is -2.25. The summed E-state index contributed by atoms with van der Waals surface area (Å²) in [6, 6.07) is 5.87. The monoisotopic (exact) mass is 227 g/mol. The van der Waals surface area contributed by atoms with Crippen LogP contribution < -0.4 is 5.32 Å². The summed E-state index contributed by atoms with van der Waals surface area (Å²) in [6.45, 7) is 3.90. The van der Waals surface area contributed by atoms with Gasteiger partial charge in [-0.1, -0.05) is 12.1 Å². The van der Waals surface area contributed by atoms with Gasteiger partial charge in [0.25, 0.3) is 0 Å². The highest BCUT2D eigenvalue weighted by Crippen LogP contribution is 2.14. The van der Waals surface area contributed by atoms with Crippen molar-refractivity contribution in [2.45, 2.75) is 25.5 Å². The molecule has 1 atom stereocenters. The number of halogens is 1. The van der Waals surface area contributed by atoms with Gasteiger partial charge in [-0.05, 0) is 31.5 Å². The van der Waals surface area contributed by atoms with E-state index in [1.807, 2.05) is 13.8 Å². The maximum atomic E-state index is 12.9. The molecule has 1 aromatic carbocycles. The summed E-state index contributed by atoms with van der Waals surface area (Å²) in [4.78, 5) is 0. The molecule has 0 bridgehead atoms. The first kappa shape index (κ1) is 13.1. The normalized spacial score (nSPS) is 13.8. The molecule has 3 nitrogen and oxygen atoms in total. The molecule has 0 saturated carbocycles. The average Bonchev–Trinajstić information content (AvgIpc) is 2.26. The Hall–Kier alpha value is -0.970. The van der Waals surface area contributed by atoms with E-state index in [0.717, 1.165) is 0 Å². The van der Waals surface area contributed by atoms with E-state index in [1.165, 1.54) is 12.1 Å². The molecular weight excluding hydrogens is 209 g/mol. The summed E-state index contributed by atoms with van der Waals surface area (Å²) in [5, 5.41) is 21.8. The van der Waals surface area contributed by atoms with Crippen LogP contribution in [0.1, 0.15) is 25.5 Å². The first-order chi connectivity index (χ1) is 7.44. The van der Waals surface area contributed by atoms with Crippen molar-refractivity contribution in [2.75, 3.05) is 13.2 Å². The van der Waals surface area contributed by atoms with Gasteiger partial charge >= 0.3 is 0 Å². The Kier molecular flexibility index (Phi) is 4.41. The van der Waals surface area contributed by atoms with Crippen LogP contribution in [0, 0.1) is 5.82 Å². The maximum Gasteiger partial charge on any atom is 0.123 e. The SMILES string of the molecule is CC(C)(CO)NC[C@@H](O)c1cccc(F)c1. The fraction of sp³-hybridized carbons (Fsp3) is 0.500. The van der Waals surface area contributed by atoms with E-state index < -0.39 is 11.6 Å². The molecule has 16 heavy (non-hydrogen) atoms. The van der Waals surface area contributed by atoms with Crippen molar-refractivity contribution in [2.24, 2.45) is 0 Å². The lowest BCUT2D eigenvalue weighted by molar-refractivity contribution is 0.136. The van der Waals surface area contributed by atoms with Crippen LogP contribution in [0.4, 0.5) is 4.39 Å². The second-order valence-corrected chi connectivity index (χ2v) is 4.49. The summed E-state index contributed by atoms with van der Waals surface area (Å²) < 4.78 is 12.9. The lowest BCUT2D eigenvalue weighted by Crippen LogP contribution is -2.44. The van der Waals surface area contributed by atoms with Crippen LogP contribution in [0.5, 0.6) is 0 Å². The molecule has 0 aliphatic carbocycles. The Morgan fingerprint density at radius 3 is 2.69 bits per heavy atom. The highest BCUT2D eigenvalue weighted by atomic mass is 19.1. The summed E-state index contributed by atoms with van der Waals surface area (Å²) in [5.74, 6) is -0.363. The first-order valence-electron chi connectivity index (χ1n) is 5.24. The minimum Gasteiger partial charge on any atom is -0.394 e. The third-order valence-corrected chi connectivity index (χ3v) is 2.40. The molecule has 1 aromatic rings. The average molecular weight is 227 g/mol. The van der Waals surface area contributed by atoms with Crippen molar-refractivity contribution in [3.8, 4) is 0 Å². The third-order valence-electron chi connectivity index (χ3n) is 2.40. The zero-order chi connectivity index (χ0) is 12.2. The van der Waals surface area contributed by atoms with Crippen molar-refractivity contribution in [1.82, 2.24) is 5.32 Å². The highest BCUT2D eigenvalue weighted by Gasteiger charge is 2.17. The Balaban J connectivity index is 2.56. The second-order valence-electron chi connectivity index (χ2n) is 4.49. The zero-order valence-corrected chi connectivity index (χ0v) is 9.57. The number of aliphatic hydroxyl groups is 2. The predicted molar refractivity (Wildman–Crippen MR) is 60.5 cm³/mol. The third kappa shape index (κ3) is 3.89. The standard InChI is InChI=1S/C12H18FNO2/c1-12(2,8-15)14-7-11(16)9-4-3-5-10(13)6-9/h3-6,11,14-16H,7-8H2,1-2H3/t11-/m1/s1. The molecule has 0 amide bonds. The Morgan fingerprint density at radius 1 is 1.44 bits per heavy atom. The molecule has 0 unspecified atom stereocenters. The van der Waals surface area contributed by atoms with Gasteiger partial charge in [-0.25, -0.2) is 4.39 Å². The molecule has 0 spiro atoms. The van der Waals surface area contributed by atoms with Crippen LogP contribution in [0.25, 0.3) is 0 Å². The number of nitrogens with one attached hydrogen (secondary N) is 1. The lowest BCUT2D eigenvalue weighted by atomic mass is 10.1. The topological polar surface area (TPSA) is 52.5 Å². The largest absolute Gasteiger partial charge is 0.394 e. The fourth-order valence-corrected chi connectivity index (χ4v) is 1.26. The van der Waals surface area contributed by atoms with Gasteiger partial charge in [0.15, 0.2) is 0 Å². The number of aliphatic hydroxyl groups excluding tert-OH is 2. The molecule has 0 aromatic heterocycles. The quantitative estimate of drug-likeness (QED) is 0.709.